The normalized spacial score (nSPS) is 12.8. The van der Waals surface area contributed by atoms with Crippen LogP contribution in [0.25, 0.3) is 0 Å². The van der Waals surface area contributed by atoms with Gasteiger partial charge in [-0.2, -0.15) is 0 Å². The third kappa shape index (κ3) is 9.74. The number of aliphatic hydroxyl groups is 2. The van der Waals surface area contributed by atoms with Gasteiger partial charge in [-0.1, -0.05) is 24.3 Å². The van der Waals surface area contributed by atoms with Crippen molar-refractivity contribution in [2.75, 3.05) is 52.6 Å². The molecule has 8 nitrogen and oxygen atoms in total. The Labute approximate surface area is 190 Å². The molecule has 2 aromatic rings. The Morgan fingerprint density at radius 3 is 1.31 bits per heavy atom. The van der Waals surface area contributed by atoms with Crippen LogP contribution < -0.4 is 29.6 Å². The first-order valence-corrected chi connectivity index (χ1v) is 11.1. The Balaban J connectivity index is 1.53. The second-order valence-electron chi connectivity index (χ2n) is 7.10. The van der Waals surface area contributed by atoms with Gasteiger partial charge >= 0.3 is 0 Å². The predicted octanol–water partition coefficient (Wildman–Crippen LogP) is 1.84. The van der Waals surface area contributed by atoms with Gasteiger partial charge in [0.25, 0.3) is 0 Å². The number of aliphatic hydroxyl groups excluding tert-OH is 2. The highest BCUT2D eigenvalue weighted by atomic mass is 16.5. The lowest BCUT2D eigenvalue weighted by Crippen LogP contribution is -2.38. The molecular formula is C24H36N2O6. The summed E-state index contributed by atoms with van der Waals surface area (Å²) in [6, 6.07) is 14.8. The minimum absolute atomic E-state index is 0.170. The van der Waals surface area contributed by atoms with Crippen LogP contribution >= 0.6 is 0 Å². The van der Waals surface area contributed by atoms with Gasteiger partial charge in [0.2, 0.25) is 0 Å². The maximum Gasteiger partial charge on any atom is 0.161 e. The standard InChI is InChI=1S/C24H36N2O6/c1-3-29-21-9-5-7-11-23(21)31-17-19(27)15-25-13-14-26-16-20(28)18-32-24-12-8-6-10-22(24)30-4-2/h5-12,19-20,25-28H,3-4,13-18H2,1-2H3. The zero-order valence-electron chi connectivity index (χ0n) is 19.0. The van der Waals surface area contributed by atoms with E-state index in [0.29, 0.717) is 62.4 Å². The van der Waals surface area contributed by atoms with Gasteiger partial charge in [0.05, 0.1) is 13.2 Å². The Kier molecular flexibility index (Phi) is 12.3. The van der Waals surface area contributed by atoms with Crippen molar-refractivity contribution in [3.05, 3.63) is 48.5 Å². The van der Waals surface area contributed by atoms with E-state index in [1.165, 1.54) is 0 Å². The molecule has 4 N–H and O–H groups in total. The molecule has 0 heterocycles. The van der Waals surface area contributed by atoms with Crippen LogP contribution in [0.15, 0.2) is 48.5 Å². The quantitative estimate of drug-likeness (QED) is 0.272. The van der Waals surface area contributed by atoms with E-state index >= 15 is 0 Å². The highest BCUT2D eigenvalue weighted by Gasteiger charge is 2.10. The van der Waals surface area contributed by atoms with Crippen molar-refractivity contribution in [3.8, 4) is 23.0 Å². The highest BCUT2D eigenvalue weighted by molar-refractivity contribution is 5.40. The van der Waals surface area contributed by atoms with Crippen LogP contribution in [0.3, 0.4) is 0 Å². The van der Waals surface area contributed by atoms with E-state index in [9.17, 15) is 10.2 Å². The van der Waals surface area contributed by atoms with E-state index < -0.39 is 12.2 Å². The Morgan fingerprint density at radius 2 is 0.969 bits per heavy atom. The molecule has 0 aliphatic heterocycles. The SMILES string of the molecule is CCOc1ccccc1OCC(O)CNCCNCC(O)COc1ccccc1OCC. The minimum atomic E-state index is -0.644. The first-order chi connectivity index (χ1) is 15.6. The van der Waals surface area contributed by atoms with Crippen LogP contribution in [-0.4, -0.2) is 75.0 Å². The van der Waals surface area contributed by atoms with Gasteiger partial charge in [-0.25, -0.2) is 0 Å². The monoisotopic (exact) mass is 448 g/mol. The molecule has 2 unspecified atom stereocenters. The molecule has 0 spiro atoms. The summed E-state index contributed by atoms with van der Waals surface area (Å²) < 4.78 is 22.3. The third-order valence-corrected chi connectivity index (χ3v) is 4.40. The van der Waals surface area contributed by atoms with E-state index in [4.69, 9.17) is 18.9 Å². The maximum atomic E-state index is 10.1. The number of para-hydroxylation sites is 4. The zero-order valence-corrected chi connectivity index (χ0v) is 19.0. The lowest BCUT2D eigenvalue weighted by atomic mass is 10.3. The number of nitrogens with one attached hydrogen (secondary N) is 2. The van der Waals surface area contributed by atoms with Crippen LogP contribution in [0.1, 0.15) is 13.8 Å². The van der Waals surface area contributed by atoms with Gasteiger partial charge in [0.15, 0.2) is 23.0 Å². The fourth-order valence-electron chi connectivity index (χ4n) is 2.89. The second kappa shape index (κ2) is 15.3. The number of rotatable bonds is 17. The fourth-order valence-corrected chi connectivity index (χ4v) is 2.89. The molecule has 0 saturated carbocycles. The van der Waals surface area contributed by atoms with Gasteiger partial charge in [-0.3, -0.25) is 0 Å². The summed E-state index contributed by atoms with van der Waals surface area (Å²) in [7, 11) is 0. The smallest absolute Gasteiger partial charge is 0.161 e. The summed E-state index contributed by atoms with van der Waals surface area (Å²) in [5, 5.41) is 26.5. The molecule has 0 bridgehead atoms. The molecule has 178 valence electrons. The van der Waals surface area contributed by atoms with E-state index in [-0.39, 0.29) is 13.2 Å². The fraction of sp³-hybridized carbons (Fsp3) is 0.500. The molecule has 8 heteroatoms. The Morgan fingerprint density at radius 1 is 0.625 bits per heavy atom. The molecule has 0 aliphatic carbocycles. The number of hydrogen-bond donors (Lipinski definition) is 4. The number of ether oxygens (including phenoxy) is 4. The van der Waals surface area contributed by atoms with Crippen molar-refractivity contribution in [1.82, 2.24) is 10.6 Å². The molecular weight excluding hydrogens is 412 g/mol. The van der Waals surface area contributed by atoms with Gasteiger partial charge in [-0.15, -0.1) is 0 Å². The molecule has 0 amide bonds. The largest absolute Gasteiger partial charge is 0.490 e. The maximum absolute atomic E-state index is 10.1. The van der Waals surface area contributed by atoms with Crippen LogP contribution in [0.5, 0.6) is 23.0 Å². The lowest BCUT2D eigenvalue weighted by Gasteiger charge is -2.16. The molecule has 2 rings (SSSR count). The first kappa shape index (κ1) is 25.7. The summed E-state index contributed by atoms with van der Waals surface area (Å²) in [4.78, 5) is 0. The molecule has 0 aliphatic rings. The van der Waals surface area contributed by atoms with Gasteiger partial charge in [0.1, 0.15) is 25.4 Å². The van der Waals surface area contributed by atoms with Crippen LogP contribution in [0.2, 0.25) is 0 Å². The predicted molar refractivity (Wildman–Crippen MR) is 124 cm³/mol. The molecule has 0 radical (unpaired) electrons. The van der Waals surface area contributed by atoms with Crippen LogP contribution in [0, 0.1) is 0 Å². The summed E-state index contributed by atoms with van der Waals surface area (Å²) in [6.07, 6.45) is -1.29. The van der Waals surface area contributed by atoms with E-state index in [2.05, 4.69) is 10.6 Å². The second-order valence-corrected chi connectivity index (χ2v) is 7.10. The van der Waals surface area contributed by atoms with Crippen molar-refractivity contribution in [3.63, 3.8) is 0 Å². The highest BCUT2D eigenvalue weighted by Crippen LogP contribution is 2.27. The van der Waals surface area contributed by atoms with E-state index in [1.54, 1.807) is 0 Å². The average Bonchev–Trinajstić information content (AvgIpc) is 2.80. The average molecular weight is 449 g/mol. The molecule has 32 heavy (non-hydrogen) atoms. The van der Waals surface area contributed by atoms with Gasteiger partial charge in [-0.05, 0) is 38.1 Å². The summed E-state index contributed by atoms with van der Waals surface area (Å²) in [6.45, 7) is 7.37. The zero-order chi connectivity index (χ0) is 23.0. The molecule has 0 aromatic heterocycles. The van der Waals surface area contributed by atoms with Crippen molar-refractivity contribution >= 4 is 0 Å². The summed E-state index contributed by atoms with van der Waals surface area (Å²) in [5.41, 5.74) is 0. The van der Waals surface area contributed by atoms with Crippen molar-refractivity contribution < 1.29 is 29.2 Å². The number of hydrogen-bond acceptors (Lipinski definition) is 8. The lowest BCUT2D eigenvalue weighted by molar-refractivity contribution is 0.101. The van der Waals surface area contributed by atoms with Crippen molar-refractivity contribution in [2.45, 2.75) is 26.1 Å². The Hall–Kier alpha value is -2.52. The van der Waals surface area contributed by atoms with Gasteiger partial charge in [0, 0.05) is 26.2 Å². The number of benzene rings is 2. The summed E-state index contributed by atoms with van der Waals surface area (Å²) in [5.74, 6) is 2.58. The van der Waals surface area contributed by atoms with Crippen LogP contribution in [-0.2, 0) is 0 Å². The molecule has 2 aromatic carbocycles. The Bertz CT molecular complexity index is 697. The summed E-state index contributed by atoms with van der Waals surface area (Å²) >= 11 is 0. The van der Waals surface area contributed by atoms with Crippen LogP contribution in [0.4, 0.5) is 0 Å². The molecule has 0 fully saturated rings. The van der Waals surface area contributed by atoms with Crippen molar-refractivity contribution in [2.24, 2.45) is 0 Å². The van der Waals surface area contributed by atoms with E-state index in [1.807, 2.05) is 62.4 Å². The first-order valence-electron chi connectivity index (χ1n) is 11.1. The van der Waals surface area contributed by atoms with Gasteiger partial charge < -0.3 is 39.8 Å². The molecule has 2 atom stereocenters. The molecule has 0 saturated heterocycles. The minimum Gasteiger partial charge on any atom is -0.490 e. The topological polar surface area (TPSA) is 101 Å². The van der Waals surface area contributed by atoms with E-state index in [0.717, 1.165) is 0 Å². The van der Waals surface area contributed by atoms with Crippen molar-refractivity contribution in [1.29, 1.82) is 0 Å². The third-order valence-electron chi connectivity index (χ3n) is 4.40.